The molecule has 2 N–H and O–H groups in total. The van der Waals surface area contributed by atoms with Crippen molar-refractivity contribution in [1.82, 2.24) is 10.6 Å². The fourth-order valence-electron chi connectivity index (χ4n) is 2.30. The maximum absolute atomic E-state index is 13.5. The van der Waals surface area contributed by atoms with Crippen LogP contribution in [0.2, 0.25) is 5.02 Å². The first-order valence-corrected chi connectivity index (χ1v) is 6.95. The van der Waals surface area contributed by atoms with Gasteiger partial charge in [-0.2, -0.15) is 0 Å². The highest BCUT2D eigenvalue weighted by atomic mass is 35.5. The minimum Gasteiger partial charge on any atom is -0.356 e. The van der Waals surface area contributed by atoms with Gasteiger partial charge in [0.15, 0.2) is 0 Å². The summed E-state index contributed by atoms with van der Waals surface area (Å²) in [6.07, 6.45) is 2.12. The van der Waals surface area contributed by atoms with E-state index in [4.69, 9.17) is 11.6 Å². The standard InChI is InChI=1S/C14H18ClFN2O.ClH/c15-12-2-1-3-13(16)11(12)8-14(19)18-7-5-10-4-6-17-9-10;/h1-3,10,17H,4-9H2,(H,18,19);1H. The molecule has 0 aliphatic carbocycles. The fourth-order valence-corrected chi connectivity index (χ4v) is 2.53. The van der Waals surface area contributed by atoms with Crippen LogP contribution < -0.4 is 10.6 Å². The van der Waals surface area contributed by atoms with E-state index in [9.17, 15) is 9.18 Å². The Balaban J connectivity index is 0.00000200. The first-order chi connectivity index (χ1) is 9.16. The Bertz CT molecular complexity index is 431. The van der Waals surface area contributed by atoms with Crippen molar-refractivity contribution in [2.75, 3.05) is 19.6 Å². The molecular weight excluding hydrogens is 302 g/mol. The van der Waals surface area contributed by atoms with E-state index in [1.54, 1.807) is 6.07 Å². The first-order valence-electron chi connectivity index (χ1n) is 6.57. The van der Waals surface area contributed by atoms with Gasteiger partial charge in [0.2, 0.25) is 5.91 Å². The zero-order chi connectivity index (χ0) is 13.7. The summed E-state index contributed by atoms with van der Waals surface area (Å²) in [6.45, 7) is 2.72. The Kier molecular flexibility index (Phi) is 7.27. The summed E-state index contributed by atoms with van der Waals surface area (Å²) in [6, 6.07) is 4.45. The van der Waals surface area contributed by atoms with Crippen LogP contribution in [-0.2, 0) is 11.2 Å². The minimum absolute atomic E-state index is 0. The van der Waals surface area contributed by atoms with Crippen molar-refractivity contribution < 1.29 is 9.18 Å². The molecule has 1 aliphatic heterocycles. The van der Waals surface area contributed by atoms with E-state index >= 15 is 0 Å². The topological polar surface area (TPSA) is 41.1 Å². The maximum Gasteiger partial charge on any atom is 0.224 e. The van der Waals surface area contributed by atoms with E-state index < -0.39 is 5.82 Å². The summed E-state index contributed by atoms with van der Waals surface area (Å²) in [7, 11) is 0. The Morgan fingerprint density at radius 3 is 2.95 bits per heavy atom. The van der Waals surface area contributed by atoms with Gasteiger partial charge in [0.1, 0.15) is 5.82 Å². The van der Waals surface area contributed by atoms with Crippen molar-refractivity contribution in [3.63, 3.8) is 0 Å². The highest BCUT2D eigenvalue weighted by Gasteiger charge is 2.15. The van der Waals surface area contributed by atoms with Crippen LogP contribution in [0.1, 0.15) is 18.4 Å². The molecule has 112 valence electrons. The molecule has 1 heterocycles. The van der Waals surface area contributed by atoms with Gasteiger partial charge in [-0.05, 0) is 44.0 Å². The molecule has 1 saturated heterocycles. The second-order valence-corrected chi connectivity index (χ2v) is 5.28. The number of carbonyl (C=O) groups excluding carboxylic acids is 1. The first kappa shape index (κ1) is 17.2. The summed E-state index contributed by atoms with van der Waals surface area (Å²) in [5, 5.41) is 6.41. The van der Waals surface area contributed by atoms with E-state index in [0.29, 0.717) is 17.5 Å². The van der Waals surface area contributed by atoms with Crippen molar-refractivity contribution in [3.05, 3.63) is 34.6 Å². The smallest absolute Gasteiger partial charge is 0.224 e. The van der Waals surface area contributed by atoms with E-state index in [2.05, 4.69) is 10.6 Å². The molecule has 1 atom stereocenters. The summed E-state index contributed by atoms with van der Waals surface area (Å²) in [5.74, 6) is 0.0259. The van der Waals surface area contributed by atoms with Crippen LogP contribution in [0.5, 0.6) is 0 Å². The summed E-state index contributed by atoms with van der Waals surface area (Å²) < 4.78 is 13.5. The van der Waals surface area contributed by atoms with Crippen molar-refractivity contribution in [2.45, 2.75) is 19.3 Å². The van der Waals surface area contributed by atoms with Gasteiger partial charge in [-0.3, -0.25) is 4.79 Å². The van der Waals surface area contributed by atoms with E-state index in [1.807, 2.05) is 0 Å². The van der Waals surface area contributed by atoms with Crippen LogP contribution in [0, 0.1) is 11.7 Å². The molecule has 6 heteroatoms. The third-order valence-electron chi connectivity index (χ3n) is 3.44. The average molecular weight is 321 g/mol. The lowest BCUT2D eigenvalue weighted by atomic mass is 10.1. The van der Waals surface area contributed by atoms with Crippen LogP contribution in [0.3, 0.4) is 0 Å². The lowest BCUT2D eigenvalue weighted by Gasteiger charge is -2.10. The molecule has 1 aromatic rings. The summed E-state index contributed by atoms with van der Waals surface area (Å²) >= 11 is 5.88. The van der Waals surface area contributed by atoms with Crippen molar-refractivity contribution in [1.29, 1.82) is 0 Å². The predicted molar refractivity (Wildman–Crippen MR) is 81.0 cm³/mol. The molecule has 0 spiro atoms. The SMILES string of the molecule is Cl.O=C(Cc1c(F)cccc1Cl)NCCC1CCNC1. The molecule has 1 aromatic carbocycles. The van der Waals surface area contributed by atoms with Gasteiger partial charge in [-0.25, -0.2) is 4.39 Å². The van der Waals surface area contributed by atoms with E-state index in [0.717, 1.165) is 25.9 Å². The maximum atomic E-state index is 13.5. The van der Waals surface area contributed by atoms with Gasteiger partial charge in [0.25, 0.3) is 0 Å². The van der Waals surface area contributed by atoms with Crippen LogP contribution in [0.4, 0.5) is 4.39 Å². The van der Waals surface area contributed by atoms with Crippen molar-refractivity contribution in [2.24, 2.45) is 5.92 Å². The molecule has 1 fully saturated rings. The van der Waals surface area contributed by atoms with E-state index in [1.165, 1.54) is 12.1 Å². The number of rotatable bonds is 5. The second-order valence-electron chi connectivity index (χ2n) is 4.87. The number of carbonyl (C=O) groups is 1. The van der Waals surface area contributed by atoms with Gasteiger partial charge < -0.3 is 10.6 Å². The number of nitrogens with one attached hydrogen (secondary N) is 2. The fraction of sp³-hybridized carbons (Fsp3) is 0.500. The largest absolute Gasteiger partial charge is 0.356 e. The quantitative estimate of drug-likeness (QED) is 0.875. The number of hydrogen-bond donors (Lipinski definition) is 2. The second kappa shape index (κ2) is 8.45. The zero-order valence-corrected chi connectivity index (χ0v) is 12.7. The lowest BCUT2D eigenvalue weighted by molar-refractivity contribution is -0.120. The molecule has 0 radical (unpaired) electrons. The molecule has 20 heavy (non-hydrogen) atoms. The number of hydrogen-bond acceptors (Lipinski definition) is 2. The summed E-state index contributed by atoms with van der Waals surface area (Å²) in [4.78, 5) is 11.7. The van der Waals surface area contributed by atoms with Crippen LogP contribution in [0.15, 0.2) is 18.2 Å². The monoisotopic (exact) mass is 320 g/mol. The van der Waals surface area contributed by atoms with Gasteiger partial charge >= 0.3 is 0 Å². The van der Waals surface area contributed by atoms with Crippen molar-refractivity contribution >= 4 is 29.9 Å². The van der Waals surface area contributed by atoms with Gasteiger partial charge in [0.05, 0.1) is 6.42 Å². The Hall–Kier alpha value is -0.840. The Morgan fingerprint density at radius 1 is 1.50 bits per heavy atom. The summed E-state index contributed by atoms with van der Waals surface area (Å²) in [5.41, 5.74) is 0.268. The Labute approximate surface area is 129 Å². The zero-order valence-electron chi connectivity index (χ0n) is 11.1. The number of halogens is 3. The van der Waals surface area contributed by atoms with Gasteiger partial charge in [0, 0.05) is 17.1 Å². The van der Waals surface area contributed by atoms with E-state index in [-0.39, 0.29) is 30.3 Å². The third kappa shape index (κ3) is 4.93. The highest BCUT2D eigenvalue weighted by molar-refractivity contribution is 6.31. The molecule has 1 aliphatic rings. The van der Waals surface area contributed by atoms with Crippen LogP contribution >= 0.6 is 24.0 Å². The minimum atomic E-state index is -0.428. The average Bonchev–Trinajstić information content (AvgIpc) is 2.87. The molecule has 0 aromatic heterocycles. The third-order valence-corrected chi connectivity index (χ3v) is 3.79. The molecule has 1 amide bonds. The molecule has 0 saturated carbocycles. The number of benzene rings is 1. The molecular formula is C14H19Cl2FN2O. The van der Waals surface area contributed by atoms with Crippen LogP contribution in [0.25, 0.3) is 0 Å². The molecule has 3 nitrogen and oxygen atoms in total. The van der Waals surface area contributed by atoms with Crippen molar-refractivity contribution in [3.8, 4) is 0 Å². The van der Waals surface area contributed by atoms with Gasteiger partial charge in [-0.1, -0.05) is 17.7 Å². The Morgan fingerprint density at radius 2 is 2.30 bits per heavy atom. The lowest BCUT2D eigenvalue weighted by Crippen LogP contribution is -2.28. The molecule has 1 unspecified atom stereocenters. The predicted octanol–water partition coefficient (Wildman–Crippen LogP) is 2.56. The molecule has 2 rings (SSSR count). The highest BCUT2D eigenvalue weighted by Crippen LogP contribution is 2.19. The molecule has 0 bridgehead atoms. The van der Waals surface area contributed by atoms with Crippen LogP contribution in [-0.4, -0.2) is 25.5 Å². The number of amides is 1. The van der Waals surface area contributed by atoms with Gasteiger partial charge in [-0.15, -0.1) is 12.4 Å². The normalized spacial score (nSPS) is 17.6.